The highest BCUT2D eigenvalue weighted by atomic mass is 79.9. The average Bonchev–Trinajstić information content (AvgIpc) is 3.53. The van der Waals surface area contributed by atoms with Crippen molar-refractivity contribution in [1.29, 1.82) is 0 Å². The fourth-order valence-electron chi connectivity index (χ4n) is 5.84. The lowest BCUT2D eigenvalue weighted by Gasteiger charge is -2.10. The lowest BCUT2D eigenvalue weighted by Crippen LogP contribution is -1.93. The molecule has 2 aromatic heterocycles. The van der Waals surface area contributed by atoms with Crippen molar-refractivity contribution in [3.05, 3.63) is 138 Å². The zero-order valence-electron chi connectivity index (χ0n) is 20.9. The predicted molar refractivity (Wildman–Crippen MR) is 167 cm³/mol. The Labute approximate surface area is 233 Å². The number of nitrogens with zero attached hydrogens (tertiary/aromatic N) is 1. The van der Waals surface area contributed by atoms with Crippen LogP contribution in [0.4, 0.5) is 0 Å². The maximum Gasteiger partial charge on any atom is 0.143 e. The van der Waals surface area contributed by atoms with Crippen LogP contribution >= 0.6 is 15.9 Å². The number of halogens is 1. The van der Waals surface area contributed by atoms with E-state index >= 15 is 0 Å². The molecule has 8 aromatic rings. The Morgan fingerprint density at radius 2 is 1.13 bits per heavy atom. The van der Waals surface area contributed by atoms with E-state index in [1.807, 2.05) is 12.1 Å². The minimum Gasteiger partial charge on any atom is -0.455 e. The van der Waals surface area contributed by atoms with Gasteiger partial charge in [-0.25, -0.2) is 0 Å². The topological polar surface area (TPSA) is 18.1 Å². The molecule has 2 nitrogen and oxygen atoms in total. The molecule has 0 radical (unpaired) electrons. The van der Waals surface area contributed by atoms with Gasteiger partial charge in [0.2, 0.25) is 0 Å². The molecule has 8 rings (SSSR count). The van der Waals surface area contributed by atoms with E-state index in [2.05, 4.69) is 142 Å². The van der Waals surface area contributed by atoms with Crippen LogP contribution in [0.15, 0.2) is 142 Å². The van der Waals surface area contributed by atoms with Crippen LogP contribution in [0.2, 0.25) is 0 Å². The number of rotatable bonds is 3. The van der Waals surface area contributed by atoms with Crippen molar-refractivity contribution in [3.8, 4) is 27.9 Å². The number of aromatic nitrogens is 1. The third-order valence-corrected chi connectivity index (χ3v) is 8.22. The highest BCUT2D eigenvalue weighted by Crippen LogP contribution is 2.39. The SMILES string of the molecule is Brc1ccc(-c2ccc(-n3c4ccccc4c4cc(-c5cccc6c5oc5ccccc56)ccc43)cc2)cc1. The highest BCUT2D eigenvalue weighted by molar-refractivity contribution is 9.10. The fourth-order valence-corrected chi connectivity index (χ4v) is 6.10. The molecule has 0 aliphatic carbocycles. The van der Waals surface area contributed by atoms with Crippen molar-refractivity contribution in [2.45, 2.75) is 0 Å². The Balaban J connectivity index is 1.30. The van der Waals surface area contributed by atoms with Gasteiger partial charge in [0.05, 0.1) is 11.0 Å². The van der Waals surface area contributed by atoms with E-state index in [1.54, 1.807) is 0 Å². The van der Waals surface area contributed by atoms with Crippen LogP contribution in [-0.2, 0) is 0 Å². The van der Waals surface area contributed by atoms with Crippen LogP contribution < -0.4 is 0 Å². The van der Waals surface area contributed by atoms with Crippen LogP contribution in [0.5, 0.6) is 0 Å². The van der Waals surface area contributed by atoms with Gasteiger partial charge in [-0.3, -0.25) is 0 Å². The Hall–Kier alpha value is -4.60. The van der Waals surface area contributed by atoms with Crippen LogP contribution in [0.1, 0.15) is 0 Å². The third kappa shape index (κ3) is 3.54. The van der Waals surface area contributed by atoms with Crippen molar-refractivity contribution in [2.24, 2.45) is 0 Å². The molecule has 0 N–H and O–H groups in total. The Morgan fingerprint density at radius 3 is 1.95 bits per heavy atom. The molecule has 0 saturated carbocycles. The molecule has 0 fully saturated rings. The quantitative estimate of drug-likeness (QED) is 0.209. The molecule has 0 saturated heterocycles. The lowest BCUT2D eigenvalue weighted by atomic mass is 10.0. The van der Waals surface area contributed by atoms with Crippen LogP contribution in [0.3, 0.4) is 0 Å². The first-order chi connectivity index (χ1) is 19.2. The van der Waals surface area contributed by atoms with E-state index in [4.69, 9.17) is 4.42 Å². The molecule has 0 aliphatic rings. The van der Waals surface area contributed by atoms with E-state index in [-0.39, 0.29) is 0 Å². The summed E-state index contributed by atoms with van der Waals surface area (Å²) in [6.45, 7) is 0. The van der Waals surface area contributed by atoms with Crippen molar-refractivity contribution in [2.75, 3.05) is 0 Å². The van der Waals surface area contributed by atoms with Gasteiger partial charge in [-0.1, -0.05) is 101 Å². The van der Waals surface area contributed by atoms with Crippen molar-refractivity contribution >= 4 is 59.7 Å². The first-order valence-electron chi connectivity index (χ1n) is 13.0. The molecule has 6 aromatic carbocycles. The Bertz CT molecular complexity index is 2170. The highest BCUT2D eigenvalue weighted by Gasteiger charge is 2.16. The molecule has 184 valence electrons. The Morgan fingerprint density at radius 1 is 0.487 bits per heavy atom. The molecule has 0 atom stereocenters. The van der Waals surface area contributed by atoms with Crippen molar-refractivity contribution in [1.82, 2.24) is 4.57 Å². The van der Waals surface area contributed by atoms with Crippen molar-refractivity contribution in [3.63, 3.8) is 0 Å². The number of furan rings is 1. The van der Waals surface area contributed by atoms with E-state index in [9.17, 15) is 0 Å². The van der Waals surface area contributed by atoms with Gasteiger partial charge in [-0.2, -0.15) is 0 Å². The van der Waals surface area contributed by atoms with Gasteiger partial charge in [-0.15, -0.1) is 0 Å². The summed E-state index contributed by atoms with van der Waals surface area (Å²) in [6.07, 6.45) is 0. The fraction of sp³-hybridized carbons (Fsp3) is 0. The number of fused-ring (bicyclic) bond motifs is 6. The molecular weight excluding hydrogens is 542 g/mol. The molecule has 0 unspecified atom stereocenters. The van der Waals surface area contributed by atoms with Crippen LogP contribution in [0.25, 0.3) is 71.7 Å². The largest absolute Gasteiger partial charge is 0.455 e. The zero-order valence-corrected chi connectivity index (χ0v) is 22.5. The molecule has 39 heavy (non-hydrogen) atoms. The number of para-hydroxylation sites is 3. The van der Waals surface area contributed by atoms with E-state index in [1.165, 1.54) is 32.9 Å². The van der Waals surface area contributed by atoms with Gasteiger partial charge in [0, 0.05) is 37.3 Å². The summed E-state index contributed by atoms with van der Waals surface area (Å²) < 4.78 is 9.81. The summed E-state index contributed by atoms with van der Waals surface area (Å²) in [4.78, 5) is 0. The third-order valence-electron chi connectivity index (χ3n) is 7.69. The normalized spacial score (nSPS) is 11.7. The molecule has 3 heteroatoms. The summed E-state index contributed by atoms with van der Waals surface area (Å²) in [7, 11) is 0. The van der Waals surface area contributed by atoms with Gasteiger partial charge in [0.25, 0.3) is 0 Å². The van der Waals surface area contributed by atoms with Gasteiger partial charge in [0.1, 0.15) is 11.2 Å². The molecule has 0 bridgehead atoms. The predicted octanol–water partition coefficient (Wildman–Crippen LogP) is 10.8. The second-order valence-electron chi connectivity index (χ2n) is 9.92. The number of benzene rings is 6. The maximum atomic E-state index is 6.36. The summed E-state index contributed by atoms with van der Waals surface area (Å²) >= 11 is 3.53. The molecule has 0 amide bonds. The second kappa shape index (κ2) is 8.72. The lowest BCUT2D eigenvalue weighted by molar-refractivity contribution is 0.670. The first kappa shape index (κ1) is 22.4. The summed E-state index contributed by atoms with van der Waals surface area (Å²) in [5, 5.41) is 4.77. The number of hydrogen-bond acceptors (Lipinski definition) is 1. The van der Waals surface area contributed by atoms with E-state index < -0.39 is 0 Å². The Kier molecular flexibility index (Phi) is 5.01. The monoisotopic (exact) mass is 563 g/mol. The summed E-state index contributed by atoms with van der Waals surface area (Å²) in [5.74, 6) is 0. The zero-order chi connectivity index (χ0) is 25.9. The average molecular weight is 564 g/mol. The van der Waals surface area contributed by atoms with Gasteiger partial charge in [-0.05, 0) is 65.2 Å². The van der Waals surface area contributed by atoms with Crippen LogP contribution in [0, 0.1) is 0 Å². The molecule has 0 aliphatic heterocycles. The van der Waals surface area contributed by atoms with Gasteiger partial charge >= 0.3 is 0 Å². The smallest absolute Gasteiger partial charge is 0.143 e. The second-order valence-corrected chi connectivity index (χ2v) is 10.8. The maximum absolute atomic E-state index is 6.36. The number of hydrogen-bond donors (Lipinski definition) is 0. The van der Waals surface area contributed by atoms with E-state index in [0.717, 1.165) is 43.2 Å². The molecule has 0 spiro atoms. The van der Waals surface area contributed by atoms with E-state index in [0.29, 0.717) is 0 Å². The molecule has 2 heterocycles. The van der Waals surface area contributed by atoms with Crippen LogP contribution in [-0.4, -0.2) is 4.57 Å². The summed E-state index contributed by atoms with van der Waals surface area (Å²) in [5.41, 5.74) is 10.1. The summed E-state index contributed by atoms with van der Waals surface area (Å²) in [6, 6.07) is 47.4. The van der Waals surface area contributed by atoms with Crippen molar-refractivity contribution < 1.29 is 4.42 Å². The molecular formula is C36H22BrNO. The first-order valence-corrected chi connectivity index (χ1v) is 13.8. The minimum atomic E-state index is 0.921. The van der Waals surface area contributed by atoms with Gasteiger partial charge < -0.3 is 8.98 Å². The van der Waals surface area contributed by atoms with Gasteiger partial charge in [0.15, 0.2) is 0 Å². The standard InChI is InChI=1S/C36H22BrNO/c37-26-17-12-23(13-18-26)24-14-19-27(20-15-24)38-33-10-3-1-6-29(33)32-22-25(16-21-34(32)38)28-8-5-9-31-30-7-2-4-11-35(30)39-36(28)31/h1-22H. The minimum absolute atomic E-state index is 0.921.